The van der Waals surface area contributed by atoms with Crippen molar-refractivity contribution in [3.8, 4) is 0 Å². The summed E-state index contributed by atoms with van der Waals surface area (Å²) < 4.78 is 22.4. The van der Waals surface area contributed by atoms with Crippen molar-refractivity contribution in [3.63, 3.8) is 0 Å². The molecule has 6 heteroatoms. The first kappa shape index (κ1) is 13.4. The Labute approximate surface area is 96.9 Å². The summed E-state index contributed by atoms with van der Waals surface area (Å²) in [6.45, 7) is 4.69. The van der Waals surface area contributed by atoms with Crippen molar-refractivity contribution in [1.82, 2.24) is 10.6 Å². The van der Waals surface area contributed by atoms with Gasteiger partial charge in [-0.25, -0.2) is 8.42 Å². The quantitative estimate of drug-likeness (QED) is 0.690. The van der Waals surface area contributed by atoms with Crippen LogP contribution >= 0.6 is 0 Å². The predicted octanol–water partition coefficient (Wildman–Crippen LogP) is -0.465. The van der Waals surface area contributed by atoms with Crippen LogP contribution in [0.3, 0.4) is 0 Å². The van der Waals surface area contributed by atoms with Crippen molar-refractivity contribution in [2.45, 2.75) is 26.3 Å². The molecule has 1 aliphatic heterocycles. The van der Waals surface area contributed by atoms with Gasteiger partial charge in [-0.1, -0.05) is 13.8 Å². The molecule has 0 spiro atoms. The minimum absolute atomic E-state index is 0.0241. The van der Waals surface area contributed by atoms with Crippen LogP contribution in [0.25, 0.3) is 0 Å². The van der Waals surface area contributed by atoms with Gasteiger partial charge in [-0.15, -0.1) is 0 Å². The largest absolute Gasteiger partial charge is 0.354 e. The van der Waals surface area contributed by atoms with E-state index in [1.165, 1.54) is 0 Å². The molecule has 1 heterocycles. The first-order valence-electron chi connectivity index (χ1n) is 5.68. The molecule has 5 nitrogen and oxygen atoms in total. The van der Waals surface area contributed by atoms with E-state index in [1.807, 2.05) is 6.92 Å². The molecule has 0 aliphatic carbocycles. The van der Waals surface area contributed by atoms with Crippen LogP contribution in [-0.2, 0) is 14.6 Å². The number of amides is 1. The second-order valence-corrected chi connectivity index (χ2v) is 6.70. The van der Waals surface area contributed by atoms with E-state index in [2.05, 4.69) is 10.6 Å². The molecular formula is C10H20N2O3S. The summed E-state index contributed by atoms with van der Waals surface area (Å²) in [6.07, 6.45) is 0.991. The van der Waals surface area contributed by atoms with Crippen LogP contribution in [-0.4, -0.2) is 45.0 Å². The van der Waals surface area contributed by atoms with Gasteiger partial charge in [0.15, 0.2) is 9.84 Å². The first-order chi connectivity index (χ1) is 7.46. The Morgan fingerprint density at radius 3 is 2.69 bits per heavy atom. The minimum atomic E-state index is -2.99. The van der Waals surface area contributed by atoms with Gasteiger partial charge in [0.25, 0.3) is 0 Å². The Bertz CT molecular complexity index is 340. The Morgan fingerprint density at radius 2 is 2.19 bits per heavy atom. The van der Waals surface area contributed by atoms with Gasteiger partial charge in [0.2, 0.25) is 5.91 Å². The number of sulfone groups is 1. The molecule has 1 saturated heterocycles. The highest BCUT2D eigenvalue weighted by Gasteiger charge is 2.28. The standard InChI is InChI=1S/C10H20N2O3S/c1-3-16(14,15)7-6-12-10(13)9-8(2)4-5-11-9/h8-9,11H,3-7H2,1-2H3,(H,12,13). The highest BCUT2D eigenvalue weighted by molar-refractivity contribution is 7.91. The number of carbonyl (C=O) groups excluding carboxylic acids is 1. The van der Waals surface area contributed by atoms with Crippen molar-refractivity contribution in [1.29, 1.82) is 0 Å². The van der Waals surface area contributed by atoms with Crippen LogP contribution in [0, 0.1) is 5.92 Å². The smallest absolute Gasteiger partial charge is 0.237 e. The molecule has 16 heavy (non-hydrogen) atoms. The first-order valence-corrected chi connectivity index (χ1v) is 7.50. The Balaban J connectivity index is 2.30. The maximum absolute atomic E-state index is 11.7. The Kier molecular flexibility index (Phi) is 4.73. The van der Waals surface area contributed by atoms with Crippen molar-refractivity contribution >= 4 is 15.7 Å². The van der Waals surface area contributed by atoms with E-state index in [0.717, 1.165) is 13.0 Å². The third-order valence-electron chi connectivity index (χ3n) is 2.97. The van der Waals surface area contributed by atoms with Gasteiger partial charge in [0, 0.05) is 12.3 Å². The highest BCUT2D eigenvalue weighted by atomic mass is 32.2. The fraction of sp³-hybridized carbons (Fsp3) is 0.900. The zero-order chi connectivity index (χ0) is 12.2. The zero-order valence-corrected chi connectivity index (χ0v) is 10.6. The second-order valence-electron chi connectivity index (χ2n) is 4.23. The number of hydrogen-bond donors (Lipinski definition) is 2. The van der Waals surface area contributed by atoms with E-state index in [4.69, 9.17) is 0 Å². The monoisotopic (exact) mass is 248 g/mol. The molecule has 0 aromatic carbocycles. The maximum Gasteiger partial charge on any atom is 0.237 e. The third-order valence-corrected chi connectivity index (χ3v) is 4.67. The molecule has 2 N–H and O–H groups in total. The summed E-state index contributed by atoms with van der Waals surface area (Å²) in [6, 6.07) is -0.163. The van der Waals surface area contributed by atoms with Gasteiger partial charge in [0.05, 0.1) is 11.8 Å². The summed E-state index contributed by atoms with van der Waals surface area (Å²) >= 11 is 0. The molecule has 2 atom stereocenters. The molecule has 0 aromatic rings. The number of rotatable bonds is 5. The molecule has 0 radical (unpaired) electrons. The highest BCUT2D eigenvalue weighted by Crippen LogP contribution is 2.13. The average Bonchev–Trinajstić information content (AvgIpc) is 2.64. The molecule has 1 fully saturated rings. The molecule has 0 saturated carbocycles. The lowest BCUT2D eigenvalue weighted by molar-refractivity contribution is -0.123. The van der Waals surface area contributed by atoms with Crippen LogP contribution in [0.2, 0.25) is 0 Å². The van der Waals surface area contributed by atoms with Gasteiger partial charge in [0.1, 0.15) is 0 Å². The van der Waals surface area contributed by atoms with Crippen molar-refractivity contribution in [2.24, 2.45) is 5.92 Å². The lowest BCUT2D eigenvalue weighted by Crippen LogP contribution is -2.44. The lowest BCUT2D eigenvalue weighted by atomic mass is 10.0. The molecular weight excluding hydrogens is 228 g/mol. The van der Waals surface area contributed by atoms with Gasteiger partial charge < -0.3 is 10.6 Å². The molecule has 0 aromatic heterocycles. The van der Waals surface area contributed by atoms with Crippen molar-refractivity contribution < 1.29 is 13.2 Å². The number of carbonyl (C=O) groups is 1. The van der Waals surface area contributed by atoms with Crippen LogP contribution in [0.1, 0.15) is 20.3 Å². The van der Waals surface area contributed by atoms with Crippen molar-refractivity contribution in [3.05, 3.63) is 0 Å². The topological polar surface area (TPSA) is 75.3 Å². The molecule has 0 bridgehead atoms. The number of nitrogens with one attached hydrogen (secondary N) is 2. The summed E-state index contributed by atoms with van der Waals surface area (Å²) in [5.41, 5.74) is 0. The van der Waals surface area contributed by atoms with E-state index >= 15 is 0 Å². The van der Waals surface area contributed by atoms with Crippen LogP contribution in [0.15, 0.2) is 0 Å². The van der Waals surface area contributed by atoms with Crippen LogP contribution < -0.4 is 10.6 Å². The van der Waals surface area contributed by atoms with E-state index in [9.17, 15) is 13.2 Å². The van der Waals surface area contributed by atoms with E-state index < -0.39 is 9.84 Å². The predicted molar refractivity (Wildman–Crippen MR) is 62.9 cm³/mol. The zero-order valence-electron chi connectivity index (χ0n) is 9.82. The van der Waals surface area contributed by atoms with Crippen molar-refractivity contribution in [2.75, 3.05) is 24.6 Å². The summed E-state index contributed by atoms with van der Waals surface area (Å²) in [4.78, 5) is 11.7. The molecule has 2 unspecified atom stereocenters. The third kappa shape index (κ3) is 3.75. The summed E-state index contributed by atoms with van der Waals surface area (Å²) in [5, 5.41) is 5.77. The van der Waals surface area contributed by atoms with Gasteiger partial charge >= 0.3 is 0 Å². The molecule has 1 rings (SSSR count). The minimum Gasteiger partial charge on any atom is -0.354 e. The average molecular weight is 248 g/mol. The van der Waals surface area contributed by atoms with Crippen LogP contribution in [0.4, 0.5) is 0 Å². The van der Waals surface area contributed by atoms with Crippen LogP contribution in [0.5, 0.6) is 0 Å². The maximum atomic E-state index is 11.7. The SMILES string of the molecule is CCS(=O)(=O)CCNC(=O)C1NCCC1C. The van der Waals surface area contributed by atoms with E-state index in [-0.39, 0.29) is 30.0 Å². The van der Waals surface area contributed by atoms with E-state index in [0.29, 0.717) is 5.92 Å². The lowest BCUT2D eigenvalue weighted by Gasteiger charge is -2.15. The summed E-state index contributed by atoms with van der Waals surface area (Å²) in [7, 11) is -2.99. The van der Waals surface area contributed by atoms with Gasteiger partial charge in [-0.3, -0.25) is 4.79 Å². The van der Waals surface area contributed by atoms with E-state index in [1.54, 1.807) is 6.92 Å². The molecule has 1 amide bonds. The van der Waals surface area contributed by atoms with Gasteiger partial charge in [-0.2, -0.15) is 0 Å². The normalized spacial score (nSPS) is 25.6. The summed E-state index contributed by atoms with van der Waals surface area (Å²) in [5.74, 6) is 0.385. The Hall–Kier alpha value is -0.620. The Morgan fingerprint density at radius 1 is 1.50 bits per heavy atom. The fourth-order valence-electron chi connectivity index (χ4n) is 1.77. The fourth-order valence-corrected chi connectivity index (χ4v) is 2.47. The second kappa shape index (κ2) is 5.63. The van der Waals surface area contributed by atoms with Gasteiger partial charge in [-0.05, 0) is 18.9 Å². The molecule has 94 valence electrons. The number of hydrogen-bond acceptors (Lipinski definition) is 4. The molecule has 1 aliphatic rings.